The Morgan fingerprint density at radius 2 is 1.94 bits per heavy atom. The van der Waals surface area contributed by atoms with Crippen molar-refractivity contribution in [2.45, 2.75) is 37.6 Å². The van der Waals surface area contributed by atoms with E-state index in [9.17, 15) is 0 Å². The van der Waals surface area contributed by atoms with Gasteiger partial charge in [0.1, 0.15) is 5.51 Å². The monoisotopic (exact) mass is 259 g/mol. The molecule has 0 radical (unpaired) electrons. The number of nitrogens with zero attached hydrogens (tertiary/aromatic N) is 2. The van der Waals surface area contributed by atoms with Gasteiger partial charge < -0.3 is 5.32 Å². The second kappa shape index (κ2) is 5.48. The lowest BCUT2D eigenvalue weighted by Crippen LogP contribution is -2.30. The zero-order chi connectivity index (χ0) is 12.2. The average molecular weight is 259 g/mol. The first-order valence-electron chi connectivity index (χ1n) is 6.51. The van der Waals surface area contributed by atoms with Gasteiger partial charge in [0.25, 0.3) is 0 Å². The van der Waals surface area contributed by atoms with Crippen LogP contribution in [0.3, 0.4) is 0 Å². The second-order valence-electron chi connectivity index (χ2n) is 4.80. The van der Waals surface area contributed by atoms with Crippen LogP contribution in [-0.4, -0.2) is 16.2 Å². The van der Waals surface area contributed by atoms with E-state index in [1.807, 2.05) is 0 Å². The third-order valence-corrected chi connectivity index (χ3v) is 4.29. The molecule has 1 aromatic heterocycles. The Morgan fingerprint density at radius 1 is 1.11 bits per heavy atom. The van der Waals surface area contributed by atoms with Gasteiger partial charge >= 0.3 is 0 Å². The molecule has 0 bridgehead atoms. The summed E-state index contributed by atoms with van der Waals surface area (Å²) >= 11 is 1.58. The third kappa shape index (κ3) is 2.53. The van der Waals surface area contributed by atoms with Crippen molar-refractivity contribution in [1.29, 1.82) is 0 Å². The van der Waals surface area contributed by atoms with Crippen molar-refractivity contribution in [1.82, 2.24) is 10.2 Å². The van der Waals surface area contributed by atoms with Crippen LogP contribution in [0.25, 0.3) is 0 Å². The number of nitrogens with one attached hydrogen (secondary N) is 1. The minimum atomic E-state index is 0.495. The van der Waals surface area contributed by atoms with Gasteiger partial charge in [-0.3, -0.25) is 0 Å². The molecule has 94 valence electrons. The van der Waals surface area contributed by atoms with Gasteiger partial charge in [-0.1, -0.05) is 54.5 Å². The number of benzene rings is 1. The Balaban J connectivity index is 1.78. The van der Waals surface area contributed by atoms with E-state index in [1.54, 1.807) is 16.8 Å². The van der Waals surface area contributed by atoms with Crippen molar-refractivity contribution in [3.05, 3.63) is 41.4 Å². The van der Waals surface area contributed by atoms with Crippen LogP contribution < -0.4 is 5.32 Å². The Kier molecular flexibility index (Phi) is 3.55. The van der Waals surface area contributed by atoms with Crippen LogP contribution in [0, 0.1) is 0 Å². The van der Waals surface area contributed by atoms with E-state index in [2.05, 4.69) is 45.8 Å². The first-order valence-corrected chi connectivity index (χ1v) is 7.39. The van der Waals surface area contributed by atoms with Crippen molar-refractivity contribution in [2.75, 3.05) is 5.32 Å². The Hall–Kier alpha value is -1.42. The zero-order valence-electron chi connectivity index (χ0n) is 10.2. The lowest BCUT2D eigenvalue weighted by molar-refractivity contribution is 0.405. The maximum Gasteiger partial charge on any atom is 0.205 e. The highest BCUT2D eigenvalue weighted by Crippen LogP contribution is 2.34. The van der Waals surface area contributed by atoms with Crippen molar-refractivity contribution in [3.63, 3.8) is 0 Å². The third-order valence-electron chi connectivity index (χ3n) is 3.66. The molecule has 1 aliphatic carbocycles. The minimum absolute atomic E-state index is 0.495. The van der Waals surface area contributed by atoms with Crippen LogP contribution in [-0.2, 0) is 0 Å². The second-order valence-corrected chi connectivity index (χ2v) is 5.63. The summed E-state index contributed by atoms with van der Waals surface area (Å²) in [6.45, 7) is 0. The predicted octanol–water partition coefficient (Wildman–Crippen LogP) is 3.68. The van der Waals surface area contributed by atoms with E-state index < -0.39 is 0 Å². The lowest BCUT2D eigenvalue weighted by Gasteiger charge is -2.32. The van der Waals surface area contributed by atoms with Crippen LogP contribution in [0.15, 0.2) is 35.8 Å². The number of aromatic nitrogens is 2. The highest BCUT2D eigenvalue weighted by Gasteiger charge is 2.26. The topological polar surface area (TPSA) is 37.8 Å². The molecule has 0 saturated heterocycles. The van der Waals surface area contributed by atoms with Crippen LogP contribution in [0.4, 0.5) is 5.13 Å². The zero-order valence-corrected chi connectivity index (χ0v) is 11.1. The average Bonchev–Trinajstić information content (AvgIpc) is 2.93. The van der Waals surface area contributed by atoms with Crippen molar-refractivity contribution in [3.8, 4) is 0 Å². The molecule has 2 aromatic rings. The molecule has 1 heterocycles. The van der Waals surface area contributed by atoms with Gasteiger partial charge in [0.2, 0.25) is 5.13 Å². The summed E-state index contributed by atoms with van der Waals surface area (Å²) in [7, 11) is 0. The SMILES string of the molecule is c1ccc(C2CCCCC2Nc2nncs2)cc1. The molecule has 3 nitrogen and oxygen atoms in total. The Bertz CT molecular complexity index is 469. The summed E-state index contributed by atoms with van der Waals surface area (Å²) in [5, 5.41) is 12.5. The summed E-state index contributed by atoms with van der Waals surface area (Å²) < 4.78 is 0. The maximum absolute atomic E-state index is 4.10. The standard InChI is InChI=1S/C14H17N3S/c1-2-6-11(7-3-1)12-8-4-5-9-13(12)16-14-17-15-10-18-14/h1-3,6-7,10,12-13H,4-5,8-9H2,(H,16,17). The van der Waals surface area contributed by atoms with Crippen molar-refractivity contribution >= 4 is 16.5 Å². The fourth-order valence-corrected chi connectivity index (χ4v) is 3.31. The van der Waals surface area contributed by atoms with E-state index >= 15 is 0 Å². The largest absolute Gasteiger partial charge is 0.357 e. The molecular formula is C14H17N3S. The molecule has 1 N–H and O–H groups in total. The molecule has 0 spiro atoms. The molecule has 2 atom stereocenters. The molecule has 3 rings (SSSR count). The van der Waals surface area contributed by atoms with Crippen LogP contribution in [0.1, 0.15) is 37.2 Å². The normalized spacial score (nSPS) is 23.8. The molecular weight excluding hydrogens is 242 g/mol. The van der Waals surface area contributed by atoms with Crippen LogP contribution in [0.5, 0.6) is 0 Å². The molecule has 1 fully saturated rings. The van der Waals surface area contributed by atoms with Crippen LogP contribution in [0.2, 0.25) is 0 Å². The summed E-state index contributed by atoms with van der Waals surface area (Å²) in [6, 6.07) is 11.3. The van der Waals surface area contributed by atoms with Gasteiger partial charge in [-0.15, -0.1) is 10.2 Å². The molecule has 0 aliphatic heterocycles. The first-order chi connectivity index (χ1) is 8.93. The predicted molar refractivity (Wildman–Crippen MR) is 75.0 cm³/mol. The molecule has 4 heteroatoms. The van der Waals surface area contributed by atoms with E-state index in [1.165, 1.54) is 31.2 Å². The molecule has 2 unspecified atom stereocenters. The number of hydrogen-bond acceptors (Lipinski definition) is 4. The summed E-state index contributed by atoms with van der Waals surface area (Å²) in [5.74, 6) is 0.601. The number of rotatable bonds is 3. The smallest absolute Gasteiger partial charge is 0.205 e. The van der Waals surface area contributed by atoms with E-state index in [4.69, 9.17) is 0 Å². The number of anilines is 1. The van der Waals surface area contributed by atoms with Gasteiger partial charge in [0.15, 0.2) is 0 Å². The fraction of sp³-hybridized carbons (Fsp3) is 0.429. The first kappa shape index (κ1) is 11.7. The molecule has 0 amide bonds. The van der Waals surface area contributed by atoms with Gasteiger partial charge in [-0.05, 0) is 18.4 Å². The highest BCUT2D eigenvalue weighted by molar-refractivity contribution is 7.13. The number of hydrogen-bond donors (Lipinski definition) is 1. The molecule has 1 aromatic carbocycles. The van der Waals surface area contributed by atoms with E-state index in [0.29, 0.717) is 12.0 Å². The summed E-state index contributed by atoms with van der Waals surface area (Å²) in [6.07, 6.45) is 5.12. The van der Waals surface area contributed by atoms with E-state index in [-0.39, 0.29) is 0 Å². The summed E-state index contributed by atoms with van der Waals surface area (Å²) in [5.41, 5.74) is 3.22. The van der Waals surface area contributed by atoms with Gasteiger partial charge in [0.05, 0.1) is 0 Å². The Labute approximate surface area is 111 Å². The summed E-state index contributed by atoms with van der Waals surface area (Å²) in [4.78, 5) is 0. The minimum Gasteiger partial charge on any atom is -0.357 e. The molecule has 1 saturated carbocycles. The van der Waals surface area contributed by atoms with Crippen molar-refractivity contribution in [2.24, 2.45) is 0 Å². The molecule has 18 heavy (non-hydrogen) atoms. The maximum atomic E-state index is 4.10. The Morgan fingerprint density at radius 3 is 2.72 bits per heavy atom. The quantitative estimate of drug-likeness (QED) is 0.913. The van der Waals surface area contributed by atoms with Gasteiger partial charge in [-0.2, -0.15) is 0 Å². The fourth-order valence-electron chi connectivity index (χ4n) is 2.80. The van der Waals surface area contributed by atoms with Crippen molar-refractivity contribution < 1.29 is 0 Å². The van der Waals surface area contributed by atoms with Gasteiger partial charge in [-0.25, -0.2) is 0 Å². The van der Waals surface area contributed by atoms with Gasteiger partial charge in [0, 0.05) is 12.0 Å². The lowest BCUT2D eigenvalue weighted by atomic mass is 9.80. The molecule has 1 aliphatic rings. The van der Waals surface area contributed by atoms with E-state index in [0.717, 1.165) is 5.13 Å². The van der Waals surface area contributed by atoms with Crippen LogP contribution >= 0.6 is 11.3 Å². The highest BCUT2D eigenvalue weighted by atomic mass is 32.1.